The largest absolute Gasteiger partial charge is 0.496 e. The number of aromatic amines is 1. The zero-order valence-electron chi connectivity index (χ0n) is 19.6. The van der Waals surface area contributed by atoms with Crippen LogP contribution in [0.1, 0.15) is 24.3 Å². The number of methoxy groups -OCH3 is 1. The highest BCUT2D eigenvalue weighted by atomic mass is 16.5. The topological polar surface area (TPSA) is 102 Å². The number of hydrogen-bond acceptors (Lipinski definition) is 7. The molecule has 2 aromatic heterocycles. The summed E-state index contributed by atoms with van der Waals surface area (Å²) in [5, 5.41) is 1.19. The molecule has 9 nitrogen and oxygen atoms in total. The Labute approximate surface area is 201 Å². The normalized spacial score (nSPS) is 19.5. The molecule has 4 aromatic rings. The minimum atomic E-state index is -0.396. The van der Waals surface area contributed by atoms with Gasteiger partial charge in [0.2, 0.25) is 0 Å². The van der Waals surface area contributed by atoms with Crippen LogP contribution in [0.2, 0.25) is 0 Å². The maximum absolute atomic E-state index is 12.7. The molecule has 0 bridgehead atoms. The first kappa shape index (κ1) is 21.8. The Morgan fingerprint density at radius 3 is 2.89 bits per heavy atom. The number of aromatic nitrogens is 4. The molecule has 1 fully saturated rings. The first-order chi connectivity index (χ1) is 17.1. The van der Waals surface area contributed by atoms with Gasteiger partial charge in [-0.25, -0.2) is 14.8 Å². The van der Waals surface area contributed by atoms with Crippen LogP contribution in [0.15, 0.2) is 52.4 Å². The van der Waals surface area contributed by atoms with Crippen LogP contribution in [0.3, 0.4) is 0 Å². The van der Waals surface area contributed by atoms with E-state index < -0.39 is 5.69 Å². The van der Waals surface area contributed by atoms with Crippen LogP contribution >= 0.6 is 0 Å². The molecule has 9 heteroatoms. The molecule has 4 heterocycles. The van der Waals surface area contributed by atoms with Crippen molar-refractivity contribution in [1.29, 1.82) is 0 Å². The minimum Gasteiger partial charge on any atom is -0.496 e. The Bertz CT molecular complexity index is 1510. The molecule has 1 N–H and O–H groups in total. The van der Waals surface area contributed by atoms with E-state index in [0.717, 1.165) is 50.6 Å². The van der Waals surface area contributed by atoms with Gasteiger partial charge in [-0.15, -0.1) is 0 Å². The lowest BCUT2D eigenvalue weighted by Crippen LogP contribution is -2.31. The molecular weight excluding hydrogens is 446 g/mol. The number of unbranched alkanes of at least 4 members (excludes halogenated alkanes) is 1. The van der Waals surface area contributed by atoms with Gasteiger partial charge in [0, 0.05) is 48.6 Å². The second-order valence-electron chi connectivity index (χ2n) is 9.34. The molecule has 2 aliphatic rings. The van der Waals surface area contributed by atoms with E-state index in [1.165, 1.54) is 11.9 Å². The third kappa shape index (κ3) is 3.76. The Morgan fingerprint density at radius 2 is 2.00 bits per heavy atom. The predicted molar refractivity (Wildman–Crippen MR) is 132 cm³/mol. The van der Waals surface area contributed by atoms with Crippen molar-refractivity contribution >= 4 is 21.8 Å². The van der Waals surface area contributed by atoms with Gasteiger partial charge < -0.3 is 14.4 Å². The molecule has 0 unspecified atom stereocenters. The Morgan fingerprint density at radius 1 is 1.11 bits per heavy atom. The third-order valence-electron chi connectivity index (χ3n) is 7.33. The van der Waals surface area contributed by atoms with Crippen LogP contribution in [0.25, 0.3) is 21.8 Å². The molecule has 2 atom stereocenters. The number of benzene rings is 2. The zero-order chi connectivity index (χ0) is 23.9. The summed E-state index contributed by atoms with van der Waals surface area (Å²) in [5.41, 5.74) is 1.72. The summed E-state index contributed by atoms with van der Waals surface area (Å²) >= 11 is 0. The molecule has 1 saturated heterocycles. The van der Waals surface area contributed by atoms with Gasteiger partial charge in [0.25, 0.3) is 5.56 Å². The van der Waals surface area contributed by atoms with Crippen LogP contribution in [-0.2, 0) is 6.54 Å². The van der Waals surface area contributed by atoms with E-state index in [1.807, 2.05) is 18.2 Å². The van der Waals surface area contributed by atoms with Crippen molar-refractivity contribution in [3.8, 4) is 11.5 Å². The van der Waals surface area contributed by atoms with E-state index in [2.05, 4.69) is 19.9 Å². The van der Waals surface area contributed by atoms with Gasteiger partial charge in [0.15, 0.2) is 0 Å². The zero-order valence-corrected chi connectivity index (χ0v) is 19.6. The van der Waals surface area contributed by atoms with Crippen molar-refractivity contribution in [3.63, 3.8) is 0 Å². The van der Waals surface area contributed by atoms with E-state index in [0.29, 0.717) is 40.2 Å². The van der Waals surface area contributed by atoms with Gasteiger partial charge in [0.1, 0.15) is 17.8 Å². The summed E-state index contributed by atoms with van der Waals surface area (Å²) in [4.78, 5) is 38.5. The average Bonchev–Trinajstić information content (AvgIpc) is 3.30. The second-order valence-corrected chi connectivity index (χ2v) is 9.34. The van der Waals surface area contributed by atoms with Crippen molar-refractivity contribution in [1.82, 2.24) is 24.4 Å². The molecule has 0 spiro atoms. The highest BCUT2D eigenvalue weighted by molar-refractivity contribution is 6.03. The molecule has 180 valence electrons. The molecule has 35 heavy (non-hydrogen) atoms. The maximum atomic E-state index is 12.7. The molecule has 0 aliphatic carbocycles. The molecule has 6 rings (SSSR count). The number of H-pyrrole nitrogens is 1. The highest BCUT2D eigenvalue weighted by Crippen LogP contribution is 2.46. The van der Waals surface area contributed by atoms with Crippen molar-refractivity contribution in [2.45, 2.75) is 25.3 Å². The summed E-state index contributed by atoms with van der Waals surface area (Å²) in [6.45, 7) is 4.16. The lowest BCUT2D eigenvalue weighted by molar-refractivity contribution is 0.209. The molecular formula is C26H27N5O4. The molecule has 0 amide bonds. The molecule has 2 aromatic carbocycles. The fourth-order valence-electron chi connectivity index (χ4n) is 5.70. The van der Waals surface area contributed by atoms with Gasteiger partial charge in [-0.3, -0.25) is 14.3 Å². The van der Waals surface area contributed by atoms with Crippen molar-refractivity contribution < 1.29 is 9.47 Å². The third-order valence-corrected chi connectivity index (χ3v) is 7.33. The van der Waals surface area contributed by atoms with E-state index >= 15 is 0 Å². The first-order valence-corrected chi connectivity index (χ1v) is 12.0. The quantitative estimate of drug-likeness (QED) is 0.339. The molecule has 0 radical (unpaired) electrons. The number of rotatable bonds is 6. The Hall–Kier alpha value is -3.72. The number of hydrogen-bond donors (Lipinski definition) is 1. The van der Waals surface area contributed by atoms with Crippen LogP contribution in [0, 0.1) is 5.92 Å². The lowest BCUT2D eigenvalue weighted by Gasteiger charge is -2.29. The first-order valence-electron chi connectivity index (χ1n) is 12.0. The molecule has 2 aliphatic heterocycles. The summed E-state index contributed by atoms with van der Waals surface area (Å²) < 4.78 is 13.3. The predicted octanol–water partition coefficient (Wildman–Crippen LogP) is 2.53. The van der Waals surface area contributed by atoms with E-state index in [1.54, 1.807) is 30.0 Å². The van der Waals surface area contributed by atoms with E-state index in [4.69, 9.17) is 9.47 Å². The SMILES string of the molecule is COc1cccc2c1[C@@H]1CN(CCCCn3c(=O)[nH]c(=O)c4ccc5ncncc5c43)C[C@@H]1CO2. The fourth-order valence-corrected chi connectivity index (χ4v) is 5.70. The van der Waals surface area contributed by atoms with Gasteiger partial charge in [0.05, 0.1) is 30.1 Å². The van der Waals surface area contributed by atoms with Crippen molar-refractivity contribution in [3.05, 3.63) is 69.3 Å². The van der Waals surface area contributed by atoms with Crippen molar-refractivity contribution in [2.24, 2.45) is 5.92 Å². The number of ether oxygens (including phenoxy) is 2. The summed E-state index contributed by atoms with van der Waals surface area (Å²) in [7, 11) is 1.71. The lowest BCUT2D eigenvalue weighted by atomic mass is 9.86. The number of nitrogens with one attached hydrogen (secondary N) is 1. The Balaban J connectivity index is 1.17. The Kier molecular flexibility index (Phi) is 5.49. The van der Waals surface area contributed by atoms with Gasteiger partial charge in [-0.1, -0.05) is 6.07 Å². The fraction of sp³-hybridized carbons (Fsp3) is 0.385. The number of likely N-dealkylation sites (tertiary alicyclic amines) is 1. The van der Waals surface area contributed by atoms with Crippen LogP contribution in [0.4, 0.5) is 0 Å². The van der Waals surface area contributed by atoms with E-state index in [9.17, 15) is 9.59 Å². The highest BCUT2D eigenvalue weighted by Gasteiger charge is 2.40. The van der Waals surface area contributed by atoms with Crippen LogP contribution in [0.5, 0.6) is 11.5 Å². The maximum Gasteiger partial charge on any atom is 0.328 e. The summed E-state index contributed by atoms with van der Waals surface area (Å²) in [6.07, 6.45) is 4.89. The standard InChI is InChI=1S/C26H27N5O4/c1-34-21-5-4-6-22-23(21)19-13-30(12-16(19)14-35-22)9-2-3-10-31-24-17(25(32)29-26(31)33)7-8-20-18(24)11-27-15-28-20/h4-8,11,15-16,19H,2-3,9-10,12-14H2,1H3,(H,29,32,33)/t16-,19-/m1/s1. The van der Waals surface area contributed by atoms with Gasteiger partial charge >= 0.3 is 5.69 Å². The minimum absolute atomic E-state index is 0.385. The van der Waals surface area contributed by atoms with Crippen molar-refractivity contribution in [2.75, 3.05) is 33.4 Å². The van der Waals surface area contributed by atoms with Gasteiger partial charge in [-0.05, 0) is 43.7 Å². The van der Waals surface area contributed by atoms with E-state index in [-0.39, 0.29) is 5.56 Å². The van der Waals surface area contributed by atoms with Gasteiger partial charge in [-0.2, -0.15) is 0 Å². The monoisotopic (exact) mass is 473 g/mol. The number of aryl methyl sites for hydroxylation is 1. The van der Waals surface area contributed by atoms with Crippen LogP contribution < -0.4 is 20.7 Å². The van der Waals surface area contributed by atoms with Crippen LogP contribution in [-0.4, -0.2) is 57.8 Å². The second kappa shape index (κ2) is 8.81. The smallest absolute Gasteiger partial charge is 0.328 e. The summed E-state index contributed by atoms with van der Waals surface area (Å²) in [5.74, 6) is 2.70. The average molecular weight is 474 g/mol. The number of nitrogens with zero attached hydrogens (tertiary/aromatic N) is 4. The summed E-state index contributed by atoms with van der Waals surface area (Å²) in [6, 6.07) is 9.52. The molecule has 0 saturated carbocycles. The number of fused-ring (bicyclic) bond motifs is 6.